The largest absolute Gasteiger partial charge is 0.346 e. The molecule has 5 nitrogen and oxygen atoms in total. The Morgan fingerprint density at radius 3 is 2.50 bits per heavy atom. The van der Waals surface area contributed by atoms with Crippen LogP contribution in [0.5, 0.6) is 0 Å². The first-order valence-electron chi connectivity index (χ1n) is 7.09. The fourth-order valence-corrected chi connectivity index (χ4v) is 3.00. The Morgan fingerprint density at radius 1 is 1.23 bits per heavy atom. The van der Waals surface area contributed by atoms with Crippen molar-refractivity contribution in [2.45, 2.75) is 31.2 Å². The average molecular weight is 346 g/mol. The van der Waals surface area contributed by atoms with Crippen LogP contribution in [0.4, 0.5) is 0 Å². The van der Waals surface area contributed by atoms with Crippen molar-refractivity contribution in [2.75, 3.05) is 13.1 Å². The van der Waals surface area contributed by atoms with Gasteiger partial charge in [0.15, 0.2) is 0 Å². The van der Waals surface area contributed by atoms with Crippen molar-refractivity contribution in [3.63, 3.8) is 0 Å². The lowest BCUT2D eigenvalue weighted by Crippen LogP contribution is -2.48. The Balaban J connectivity index is 0.00000242. The van der Waals surface area contributed by atoms with Crippen LogP contribution in [-0.2, 0) is 15.1 Å². The van der Waals surface area contributed by atoms with E-state index in [-0.39, 0.29) is 42.8 Å². The quantitative estimate of drug-likeness (QED) is 0.759. The van der Waals surface area contributed by atoms with Crippen molar-refractivity contribution in [1.82, 2.24) is 10.6 Å². The Hall–Kier alpha value is -1.30. The summed E-state index contributed by atoms with van der Waals surface area (Å²) in [7, 11) is 0. The summed E-state index contributed by atoms with van der Waals surface area (Å²) in [5.74, 6) is -0.549. The molecule has 4 N–H and O–H groups in total. The van der Waals surface area contributed by atoms with Gasteiger partial charge in [-0.3, -0.25) is 9.59 Å². The van der Waals surface area contributed by atoms with Crippen LogP contribution in [0.3, 0.4) is 0 Å². The second-order valence-electron chi connectivity index (χ2n) is 5.33. The molecule has 0 radical (unpaired) electrons. The molecule has 0 heterocycles. The first kappa shape index (κ1) is 18.7. The number of hydrogen-bond acceptors (Lipinski definition) is 3. The Bertz CT molecular complexity index is 531. The Labute approximate surface area is 141 Å². The van der Waals surface area contributed by atoms with E-state index in [1.54, 1.807) is 0 Å². The van der Waals surface area contributed by atoms with Gasteiger partial charge in [-0.05, 0) is 30.5 Å². The van der Waals surface area contributed by atoms with Crippen molar-refractivity contribution in [1.29, 1.82) is 0 Å². The Kier molecular flexibility index (Phi) is 7.13. The summed E-state index contributed by atoms with van der Waals surface area (Å²) in [5, 5.41) is 6.20. The van der Waals surface area contributed by atoms with Gasteiger partial charge in [0.1, 0.15) is 0 Å². The smallest absolute Gasteiger partial charge is 0.240 e. The topological polar surface area (TPSA) is 84.2 Å². The van der Waals surface area contributed by atoms with Crippen LogP contribution >= 0.6 is 24.0 Å². The molecule has 0 spiro atoms. The molecular weight excluding hydrogens is 325 g/mol. The third kappa shape index (κ3) is 4.60. The van der Waals surface area contributed by atoms with E-state index in [4.69, 9.17) is 17.3 Å². The molecule has 1 aliphatic carbocycles. The molecule has 1 aromatic carbocycles. The molecule has 122 valence electrons. The van der Waals surface area contributed by atoms with Gasteiger partial charge >= 0.3 is 0 Å². The lowest BCUT2D eigenvalue weighted by molar-refractivity contribution is -0.126. The zero-order valence-electron chi connectivity index (χ0n) is 12.2. The molecule has 2 rings (SSSR count). The summed E-state index contributed by atoms with van der Waals surface area (Å²) < 4.78 is 0. The number of nitrogens with one attached hydrogen (secondary N) is 2. The summed E-state index contributed by atoms with van der Waals surface area (Å²) >= 11 is 6.06. The van der Waals surface area contributed by atoms with Gasteiger partial charge in [-0.15, -0.1) is 12.4 Å². The van der Waals surface area contributed by atoms with Crippen LogP contribution in [0.15, 0.2) is 24.3 Å². The zero-order valence-corrected chi connectivity index (χ0v) is 13.8. The van der Waals surface area contributed by atoms with Gasteiger partial charge in [0.05, 0.1) is 18.6 Å². The van der Waals surface area contributed by atoms with Crippen molar-refractivity contribution < 1.29 is 9.59 Å². The first-order chi connectivity index (χ1) is 10.1. The first-order valence-corrected chi connectivity index (χ1v) is 7.47. The van der Waals surface area contributed by atoms with Crippen LogP contribution in [-0.4, -0.2) is 24.9 Å². The SMILES string of the molecule is Cl.NCC(=O)NCC(=O)NC1(c2cccc(Cl)c2)CCCC1. The van der Waals surface area contributed by atoms with Gasteiger partial charge in [0.2, 0.25) is 11.8 Å². The fourth-order valence-electron chi connectivity index (χ4n) is 2.81. The van der Waals surface area contributed by atoms with Gasteiger partial charge in [-0.2, -0.15) is 0 Å². The van der Waals surface area contributed by atoms with Gasteiger partial charge in [-0.1, -0.05) is 36.6 Å². The monoisotopic (exact) mass is 345 g/mol. The highest BCUT2D eigenvalue weighted by molar-refractivity contribution is 6.30. The van der Waals surface area contributed by atoms with Gasteiger partial charge < -0.3 is 16.4 Å². The highest BCUT2D eigenvalue weighted by atomic mass is 35.5. The van der Waals surface area contributed by atoms with E-state index in [1.807, 2.05) is 24.3 Å². The summed E-state index contributed by atoms with van der Waals surface area (Å²) in [5.41, 5.74) is 5.84. The minimum Gasteiger partial charge on any atom is -0.346 e. The Morgan fingerprint density at radius 2 is 1.91 bits per heavy atom. The second kappa shape index (κ2) is 8.36. The predicted molar refractivity (Wildman–Crippen MR) is 89.1 cm³/mol. The molecule has 2 amide bonds. The summed E-state index contributed by atoms with van der Waals surface area (Å²) in [6, 6.07) is 7.58. The summed E-state index contributed by atoms with van der Waals surface area (Å²) in [4.78, 5) is 23.2. The molecule has 7 heteroatoms. The molecule has 22 heavy (non-hydrogen) atoms. The number of carbonyl (C=O) groups excluding carboxylic acids is 2. The number of nitrogens with two attached hydrogens (primary N) is 1. The molecule has 0 unspecified atom stereocenters. The van der Waals surface area contributed by atoms with Gasteiger partial charge in [0.25, 0.3) is 0 Å². The van der Waals surface area contributed by atoms with Crippen LogP contribution in [0.1, 0.15) is 31.2 Å². The minimum atomic E-state index is -0.380. The van der Waals surface area contributed by atoms with Crippen molar-refractivity contribution >= 4 is 35.8 Å². The molecular formula is C15H21Cl2N3O2. The maximum Gasteiger partial charge on any atom is 0.240 e. The molecule has 1 aliphatic rings. The van der Waals surface area contributed by atoms with Crippen LogP contribution in [0.2, 0.25) is 5.02 Å². The lowest BCUT2D eigenvalue weighted by atomic mass is 9.88. The van der Waals surface area contributed by atoms with E-state index in [0.717, 1.165) is 31.2 Å². The zero-order chi connectivity index (χ0) is 15.3. The van der Waals surface area contributed by atoms with Crippen molar-refractivity contribution in [3.8, 4) is 0 Å². The van der Waals surface area contributed by atoms with Crippen molar-refractivity contribution in [2.24, 2.45) is 5.73 Å². The maximum atomic E-state index is 12.1. The van der Waals surface area contributed by atoms with E-state index in [9.17, 15) is 9.59 Å². The number of rotatable bonds is 5. The third-order valence-corrected chi connectivity index (χ3v) is 4.08. The maximum absolute atomic E-state index is 12.1. The van der Waals surface area contributed by atoms with E-state index in [2.05, 4.69) is 10.6 Å². The van der Waals surface area contributed by atoms with Gasteiger partial charge in [-0.25, -0.2) is 0 Å². The number of halogens is 2. The third-order valence-electron chi connectivity index (χ3n) is 3.84. The lowest BCUT2D eigenvalue weighted by Gasteiger charge is -2.31. The highest BCUT2D eigenvalue weighted by Crippen LogP contribution is 2.39. The summed E-state index contributed by atoms with van der Waals surface area (Å²) in [6.45, 7) is -0.176. The standard InChI is InChI=1S/C15H20ClN3O2.ClH/c16-12-5-3-4-11(8-12)15(6-1-2-7-15)19-14(21)10-18-13(20)9-17;/h3-5,8H,1-2,6-7,9-10,17H2,(H,18,20)(H,19,21);1H. The number of amides is 2. The molecule has 1 aromatic rings. The number of carbonyl (C=O) groups is 2. The molecule has 0 atom stereocenters. The molecule has 0 aliphatic heterocycles. The molecule has 0 aromatic heterocycles. The van der Waals surface area contributed by atoms with E-state index >= 15 is 0 Å². The second-order valence-corrected chi connectivity index (χ2v) is 5.77. The average Bonchev–Trinajstić information content (AvgIpc) is 2.94. The van der Waals surface area contributed by atoms with E-state index in [1.165, 1.54) is 0 Å². The van der Waals surface area contributed by atoms with Gasteiger partial charge in [0, 0.05) is 5.02 Å². The number of hydrogen-bond donors (Lipinski definition) is 3. The molecule has 1 fully saturated rings. The van der Waals surface area contributed by atoms with E-state index < -0.39 is 0 Å². The molecule has 0 saturated heterocycles. The normalized spacial score (nSPS) is 15.7. The minimum absolute atomic E-state index is 0. The molecule has 0 bridgehead atoms. The highest BCUT2D eigenvalue weighted by Gasteiger charge is 2.37. The predicted octanol–water partition coefficient (Wildman–Crippen LogP) is 1.72. The van der Waals surface area contributed by atoms with Crippen LogP contribution in [0, 0.1) is 0 Å². The van der Waals surface area contributed by atoms with Crippen LogP contribution < -0.4 is 16.4 Å². The van der Waals surface area contributed by atoms with Crippen LogP contribution in [0.25, 0.3) is 0 Å². The van der Waals surface area contributed by atoms with E-state index in [0.29, 0.717) is 5.02 Å². The van der Waals surface area contributed by atoms with Crippen molar-refractivity contribution in [3.05, 3.63) is 34.9 Å². The molecule has 1 saturated carbocycles. The fraction of sp³-hybridized carbons (Fsp3) is 0.467. The summed E-state index contributed by atoms with van der Waals surface area (Å²) in [6.07, 6.45) is 3.87. The number of benzene rings is 1.